The molecule has 1 heterocycles. The molecule has 0 aromatic heterocycles. The van der Waals surface area contributed by atoms with E-state index >= 15 is 0 Å². The zero-order valence-corrected chi connectivity index (χ0v) is 7.72. The zero-order chi connectivity index (χ0) is 10.7. The molecule has 0 aromatic carbocycles. The van der Waals surface area contributed by atoms with Crippen LogP contribution in [-0.2, 0) is 9.59 Å². The number of rotatable bonds is 4. The molecule has 1 amide bonds. The number of nitrogens with two attached hydrogens (primary N) is 1. The molecule has 1 fully saturated rings. The number of hydrogen-bond donors (Lipinski definition) is 3. The van der Waals surface area contributed by atoms with E-state index in [-0.39, 0.29) is 37.9 Å². The van der Waals surface area contributed by atoms with Gasteiger partial charge < -0.3 is 20.8 Å². The van der Waals surface area contributed by atoms with Gasteiger partial charge in [-0.1, -0.05) is 0 Å². The predicted molar refractivity (Wildman–Crippen MR) is 47.4 cm³/mol. The molecular formula is C8H14N2O4. The summed E-state index contributed by atoms with van der Waals surface area (Å²) in [6.07, 6.45) is 0.239. The number of carboxylic acids is 1. The van der Waals surface area contributed by atoms with Crippen molar-refractivity contribution in [1.82, 2.24) is 4.90 Å². The third kappa shape index (κ3) is 2.21. The molecule has 2 atom stereocenters. The van der Waals surface area contributed by atoms with E-state index < -0.39 is 12.0 Å². The number of carbonyl (C=O) groups is 2. The number of amides is 1. The minimum absolute atomic E-state index is 0.0494. The number of aliphatic hydroxyl groups excluding tert-OH is 1. The summed E-state index contributed by atoms with van der Waals surface area (Å²) < 4.78 is 0. The molecule has 0 saturated carbocycles. The van der Waals surface area contributed by atoms with Gasteiger partial charge in [0.1, 0.15) is 6.04 Å². The Hall–Kier alpha value is -1.14. The molecule has 0 spiro atoms. The average molecular weight is 202 g/mol. The van der Waals surface area contributed by atoms with Gasteiger partial charge in [0.15, 0.2) is 0 Å². The maximum absolute atomic E-state index is 11.3. The topological polar surface area (TPSA) is 104 Å². The van der Waals surface area contributed by atoms with E-state index in [4.69, 9.17) is 15.9 Å². The summed E-state index contributed by atoms with van der Waals surface area (Å²) in [6.45, 7) is 0.00574. The van der Waals surface area contributed by atoms with Crippen LogP contribution in [0.25, 0.3) is 0 Å². The number of hydrogen-bond acceptors (Lipinski definition) is 4. The van der Waals surface area contributed by atoms with Gasteiger partial charge in [0.05, 0.1) is 0 Å². The van der Waals surface area contributed by atoms with E-state index in [1.807, 2.05) is 0 Å². The van der Waals surface area contributed by atoms with Crippen LogP contribution in [0.15, 0.2) is 0 Å². The lowest BCUT2D eigenvalue weighted by Crippen LogP contribution is -2.43. The molecule has 1 saturated heterocycles. The Bertz CT molecular complexity index is 243. The van der Waals surface area contributed by atoms with Gasteiger partial charge in [-0.05, 0) is 0 Å². The van der Waals surface area contributed by atoms with Crippen molar-refractivity contribution < 1.29 is 19.8 Å². The Morgan fingerprint density at radius 1 is 1.71 bits per heavy atom. The van der Waals surface area contributed by atoms with Crippen LogP contribution >= 0.6 is 0 Å². The summed E-state index contributed by atoms with van der Waals surface area (Å²) in [5.41, 5.74) is 5.53. The highest BCUT2D eigenvalue weighted by Gasteiger charge is 2.35. The molecule has 0 aliphatic carbocycles. The normalized spacial score (nSPS) is 24.0. The molecule has 2 unspecified atom stereocenters. The molecular weight excluding hydrogens is 188 g/mol. The molecule has 4 N–H and O–H groups in total. The summed E-state index contributed by atoms with van der Waals surface area (Å²) in [7, 11) is 0. The number of carbonyl (C=O) groups excluding carboxylic acids is 1. The van der Waals surface area contributed by atoms with Crippen LogP contribution in [0, 0.1) is 0 Å². The number of carboxylic acid groups (broad SMARTS) is 1. The van der Waals surface area contributed by atoms with Gasteiger partial charge in [-0.15, -0.1) is 0 Å². The SMILES string of the molecule is NC1CC(=O)N(C(CCO)C(=O)O)C1. The summed E-state index contributed by atoms with van der Waals surface area (Å²) in [4.78, 5) is 23.3. The van der Waals surface area contributed by atoms with Gasteiger partial charge in [-0.3, -0.25) is 4.79 Å². The van der Waals surface area contributed by atoms with E-state index in [2.05, 4.69) is 0 Å². The van der Waals surface area contributed by atoms with Crippen LogP contribution in [-0.4, -0.2) is 52.2 Å². The lowest BCUT2D eigenvalue weighted by molar-refractivity contribution is -0.148. The molecule has 6 heteroatoms. The zero-order valence-electron chi connectivity index (χ0n) is 7.72. The second-order valence-corrected chi connectivity index (χ2v) is 3.38. The van der Waals surface area contributed by atoms with Gasteiger partial charge in [0, 0.05) is 32.0 Å². The van der Waals surface area contributed by atoms with Crippen molar-refractivity contribution in [2.24, 2.45) is 5.73 Å². The lowest BCUT2D eigenvalue weighted by Gasteiger charge is -2.23. The van der Waals surface area contributed by atoms with Gasteiger partial charge in [0.25, 0.3) is 0 Å². The minimum Gasteiger partial charge on any atom is -0.480 e. The van der Waals surface area contributed by atoms with Crippen LogP contribution in [0.2, 0.25) is 0 Å². The molecule has 1 aliphatic heterocycles. The first kappa shape index (κ1) is 10.9. The van der Waals surface area contributed by atoms with Crippen molar-refractivity contribution in [2.45, 2.75) is 24.9 Å². The lowest BCUT2D eigenvalue weighted by atomic mass is 10.2. The second-order valence-electron chi connectivity index (χ2n) is 3.38. The quantitative estimate of drug-likeness (QED) is 0.508. The van der Waals surface area contributed by atoms with Gasteiger partial charge in [-0.25, -0.2) is 4.79 Å². The third-order valence-electron chi connectivity index (χ3n) is 2.25. The van der Waals surface area contributed by atoms with Crippen LogP contribution in [0.4, 0.5) is 0 Å². The monoisotopic (exact) mass is 202 g/mol. The summed E-state index contributed by atoms with van der Waals surface area (Å²) in [5, 5.41) is 17.5. The van der Waals surface area contributed by atoms with Crippen LogP contribution in [0.1, 0.15) is 12.8 Å². The van der Waals surface area contributed by atoms with Gasteiger partial charge in [0.2, 0.25) is 5.91 Å². The summed E-state index contributed by atoms with van der Waals surface area (Å²) >= 11 is 0. The van der Waals surface area contributed by atoms with Crippen LogP contribution in [0.5, 0.6) is 0 Å². The molecule has 1 aliphatic rings. The Morgan fingerprint density at radius 3 is 2.71 bits per heavy atom. The summed E-state index contributed by atoms with van der Waals surface area (Å²) in [6, 6.07) is -1.23. The second kappa shape index (κ2) is 4.39. The number of aliphatic carboxylic acids is 1. The Balaban J connectivity index is 2.68. The minimum atomic E-state index is -1.10. The first-order chi connectivity index (χ1) is 6.56. The Labute approximate surface area is 81.3 Å². The first-order valence-electron chi connectivity index (χ1n) is 4.45. The number of likely N-dealkylation sites (tertiary alicyclic amines) is 1. The van der Waals surface area contributed by atoms with E-state index in [0.717, 1.165) is 0 Å². The van der Waals surface area contributed by atoms with Crippen LogP contribution in [0.3, 0.4) is 0 Å². The highest BCUT2D eigenvalue weighted by Crippen LogP contribution is 2.15. The van der Waals surface area contributed by atoms with E-state index in [9.17, 15) is 9.59 Å². The van der Waals surface area contributed by atoms with E-state index in [1.165, 1.54) is 4.90 Å². The average Bonchev–Trinajstić information content (AvgIpc) is 2.40. The molecule has 6 nitrogen and oxygen atoms in total. The van der Waals surface area contributed by atoms with Crippen LogP contribution < -0.4 is 5.73 Å². The van der Waals surface area contributed by atoms with Crippen molar-refractivity contribution in [1.29, 1.82) is 0 Å². The van der Waals surface area contributed by atoms with Crippen molar-refractivity contribution in [3.63, 3.8) is 0 Å². The van der Waals surface area contributed by atoms with Crippen molar-refractivity contribution in [3.8, 4) is 0 Å². The highest BCUT2D eigenvalue weighted by molar-refractivity contribution is 5.85. The molecule has 14 heavy (non-hydrogen) atoms. The molecule has 0 aromatic rings. The summed E-state index contributed by atoms with van der Waals surface area (Å²) in [5.74, 6) is -1.35. The predicted octanol–water partition coefficient (Wildman–Crippen LogP) is -1.62. The van der Waals surface area contributed by atoms with Crippen molar-refractivity contribution in [3.05, 3.63) is 0 Å². The fourth-order valence-electron chi connectivity index (χ4n) is 1.60. The largest absolute Gasteiger partial charge is 0.480 e. The van der Waals surface area contributed by atoms with Gasteiger partial charge in [-0.2, -0.15) is 0 Å². The van der Waals surface area contributed by atoms with Crippen molar-refractivity contribution >= 4 is 11.9 Å². The highest BCUT2D eigenvalue weighted by atomic mass is 16.4. The molecule has 0 bridgehead atoms. The Kier molecular flexibility index (Phi) is 3.43. The molecule has 0 radical (unpaired) electrons. The van der Waals surface area contributed by atoms with Gasteiger partial charge >= 0.3 is 5.97 Å². The fraction of sp³-hybridized carbons (Fsp3) is 0.750. The number of aliphatic hydroxyl groups is 1. The van der Waals surface area contributed by atoms with E-state index in [0.29, 0.717) is 0 Å². The van der Waals surface area contributed by atoms with E-state index in [1.54, 1.807) is 0 Å². The molecule has 1 rings (SSSR count). The first-order valence-corrected chi connectivity index (χ1v) is 4.45. The number of nitrogens with zero attached hydrogens (tertiary/aromatic N) is 1. The standard InChI is InChI=1S/C8H14N2O4/c9-5-3-7(12)10(4-5)6(1-2-11)8(13)14/h5-6,11H,1-4,9H2,(H,13,14). The maximum atomic E-state index is 11.3. The van der Waals surface area contributed by atoms with Crippen molar-refractivity contribution in [2.75, 3.05) is 13.2 Å². The molecule has 80 valence electrons. The fourth-order valence-corrected chi connectivity index (χ4v) is 1.60. The third-order valence-corrected chi connectivity index (χ3v) is 2.25. The Morgan fingerprint density at radius 2 is 2.36 bits per heavy atom. The smallest absolute Gasteiger partial charge is 0.326 e. The maximum Gasteiger partial charge on any atom is 0.326 e.